The zero-order valence-electron chi connectivity index (χ0n) is 20.1. The van der Waals surface area contributed by atoms with Crippen molar-refractivity contribution in [3.63, 3.8) is 0 Å². The summed E-state index contributed by atoms with van der Waals surface area (Å²) in [5, 5.41) is 3.42. The Morgan fingerprint density at radius 2 is 1.91 bits per heavy atom. The van der Waals surface area contributed by atoms with E-state index in [4.69, 9.17) is 9.73 Å². The maximum atomic E-state index is 12.7. The number of anilines is 1. The van der Waals surface area contributed by atoms with Gasteiger partial charge in [0.15, 0.2) is 5.96 Å². The predicted molar refractivity (Wildman–Crippen MR) is 149 cm³/mol. The first kappa shape index (κ1) is 26.5. The van der Waals surface area contributed by atoms with Crippen LogP contribution in [-0.4, -0.2) is 56.1 Å². The monoisotopic (exact) mass is 576 g/mol. The smallest absolute Gasteiger partial charge is 0.227 e. The molecule has 2 aromatic carbocycles. The third-order valence-corrected chi connectivity index (χ3v) is 6.38. The Kier molecular flexibility index (Phi) is 10.7. The minimum atomic E-state index is 0. The number of aliphatic imine (C=N–C) groups is 1. The summed E-state index contributed by atoms with van der Waals surface area (Å²) in [5.41, 5.74) is 3.57. The van der Waals surface area contributed by atoms with Crippen molar-refractivity contribution in [2.24, 2.45) is 10.9 Å². The molecular weight excluding hydrogens is 539 g/mol. The van der Waals surface area contributed by atoms with Gasteiger partial charge in [-0.3, -0.25) is 9.79 Å². The topological polar surface area (TPSA) is 57.2 Å². The van der Waals surface area contributed by atoms with Gasteiger partial charge in [-0.25, -0.2) is 0 Å². The maximum absolute atomic E-state index is 12.7. The number of nitrogens with zero attached hydrogens (tertiary/aromatic N) is 3. The average molecular weight is 577 g/mol. The highest BCUT2D eigenvalue weighted by molar-refractivity contribution is 14.0. The molecule has 1 amide bonds. The molecule has 0 radical (unpaired) electrons. The first-order valence-electron chi connectivity index (χ1n) is 12.3. The predicted octanol–water partition coefficient (Wildman–Crippen LogP) is 4.48. The van der Waals surface area contributed by atoms with Gasteiger partial charge in [-0.1, -0.05) is 48.5 Å². The third-order valence-electron chi connectivity index (χ3n) is 6.38. The molecule has 7 heteroatoms. The second kappa shape index (κ2) is 13.7. The van der Waals surface area contributed by atoms with Crippen LogP contribution in [0.1, 0.15) is 37.3 Å². The lowest BCUT2D eigenvalue weighted by Gasteiger charge is -2.22. The largest absolute Gasteiger partial charge is 0.376 e. The van der Waals surface area contributed by atoms with Crippen molar-refractivity contribution in [3.05, 3.63) is 65.7 Å². The van der Waals surface area contributed by atoms with E-state index >= 15 is 0 Å². The summed E-state index contributed by atoms with van der Waals surface area (Å²) >= 11 is 0. The summed E-state index contributed by atoms with van der Waals surface area (Å²) in [5.74, 6) is 1.69. The molecule has 4 rings (SSSR count). The zero-order chi connectivity index (χ0) is 22.9. The van der Waals surface area contributed by atoms with Crippen LogP contribution in [0.4, 0.5) is 5.69 Å². The van der Waals surface area contributed by atoms with Crippen LogP contribution in [0.15, 0.2) is 59.6 Å². The SMILES string of the molecule is CCNC(=NCCCC(=O)N1CCc2ccccc21)N1CCC(COCc2ccccc2)C1.I. The van der Waals surface area contributed by atoms with E-state index in [9.17, 15) is 4.79 Å². The molecule has 1 saturated heterocycles. The minimum absolute atomic E-state index is 0. The molecule has 1 atom stereocenters. The number of halogens is 1. The number of fused-ring (bicyclic) bond motifs is 1. The molecule has 1 fully saturated rings. The lowest BCUT2D eigenvalue weighted by Crippen LogP contribution is -2.40. The van der Waals surface area contributed by atoms with E-state index in [2.05, 4.69) is 41.4 Å². The van der Waals surface area contributed by atoms with Crippen LogP contribution in [0.5, 0.6) is 0 Å². The number of ether oxygens (including phenoxy) is 1. The Hall–Kier alpha value is -2.13. The van der Waals surface area contributed by atoms with E-state index in [1.54, 1.807) is 0 Å². The number of rotatable bonds is 9. The van der Waals surface area contributed by atoms with Gasteiger partial charge in [0, 0.05) is 50.7 Å². The highest BCUT2D eigenvalue weighted by Gasteiger charge is 2.25. The van der Waals surface area contributed by atoms with Gasteiger partial charge in [-0.15, -0.1) is 24.0 Å². The Balaban J connectivity index is 0.00000324. The molecule has 6 nitrogen and oxygen atoms in total. The number of nitrogens with one attached hydrogen (secondary N) is 1. The number of para-hydroxylation sites is 1. The highest BCUT2D eigenvalue weighted by atomic mass is 127. The number of benzene rings is 2. The Morgan fingerprint density at radius 1 is 1.12 bits per heavy atom. The zero-order valence-corrected chi connectivity index (χ0v) is 22.4. The normalized spacial score (nSPS) is 17.4. The van der Waals surface area contributed by atoms with Crippen LogP contribution in [0.2, 0.25) is 0 Å². The van der Waals surface area contributed by atoms with Gasteiger partial charge in [0.25, 0.3) is 0 Å². The summed E-state index contributed by atoms with van der Waals surface area (Å²) in [6.45, 7) is 7.80. The van der Waals surface area contributed by atoms with Gasteiger partial charge >= 0.3 is 0 Å². The van der Waals surface area contributed by atoms with E-state index < -0.39 is 0 Å². The molecule has 0 bridgehead atoms. The molecule has 2 aromatic rings. The molecule has 1 unspecified atom stereocenters. The summed E-state index contributed by atoms with van der Waals surface area (Å²) < 4.78 is 5.96. The molecule has 2 aliphatic rings. The average Bonchev–Trinajstić information content (AvgIpc) is 3.49. The Bertz CT molecular complexity index is 937. The van der Waals surface area contributed by atoms with Crippen LogP contribution in [0, 0.1) is 5.92 Å². The standard InChI is InChI=1S/C27H36N4O2.HI/c1-2-28-27(30-17-14-23(19-30)21-33-20-22-9-4-3-5-10-22)29-16-8-13-26(32)31-18-15-24-11-6-7-12-25(24)31;/h3-7,9-12,23H,2,8,13-21H2,1H3,(H,28,29);1H. The minimum Gasteiger partial charge on any atom is -0.376 e. The molecule has 0 aromatic heterocycles. The number of hydrogen-bond acceptors (Lipinski definition) is 3. The van der Waals surface area contributed by atoms with Gasteiger partial charge in [0.2, 0.25) is 5.91 Å². The van der Waals surface area contributed by atoms with Crippen molar-refractivity contribution in [3.8, 4) is 0 Å². The summed E-state index contributed by atoms with van der Waals surface area (Å²) in [7, 11) is 0. The van der Waals surface area contributed by atoms with Gasteiger partial charge in [-0.2, -0.15) is 0 Å². The first-order chi connectivity index (χ1) is 16.2. The third kappa shape index (κ3) is 7.18. The summed E-state index contributed by atoms with van der Waals surface area (Å²) in [6, 6.07) is 18.5. The molecule has 0 spiro atoms. The molecular formula is C27H37IN4O2. The lowest BCUT2D eigenvalue weighted by atomic mass is 10.1. The van der Waals surface area contributed by atoms with E-state index in [1.807, 2.05) is 35.2 Å². The summed E-state index contributed by atoms with van der Waals surface area (Å²) in [4.78, 5) is 21.8. The van der Waals surface area contributed by atoms with Crippen LogP contribution in [0.25, 0.3) is 0 Å². The molecule has 1 N–H and O–H groups in total. The van der Waals surface area contributed by atoms with E-state index in [0.717, 1.165) is 63.7 Å². The fourth-order valence-electron chi connectivity index (χ4n) is 4.65. The number of hydrogen-bond donors (Lipinski definition) is 1. The van der Waals surface area contributed by atoms with Crippen molar-refractivity contribution >= 4 is 41.5 Å². The number of guanidine groups is 1. The second-order valence-electron chi connectivity index (χ2n) is 8.86. The van der Waals surface area contributed by atoms with Crippen molar-refractivity contribution in [1.82, 2.24) is 10.2 Å². The number of carbonyl (C=O) groups excluding carboxylic acids is 1. The van der Waals surface area contributed by atoms with E-state index in [-0.39, 0.29) is 29.9 Å². The quantitative estimate of drug-likeness (QED) is 0.207. The van der Waals surface area contributed by atoms with Crippen LogP contribution in [0.3, 0.4) is 0 Å². The molecule has 0 saturated carbocycles. The molecule has 2 heterocycles. The van der Waals surface area contributed by atoms with Crippen LogP contribution < -0.4 is 10.2 Å². The van der Waals surface area contributed by atoms with Crippen molar-refractivity contribution < 1.29 is 9.53 Å². The fraction of sp³-hybridized carbons (Fsp3) is 0.481. The van der Waals surface area contributed by atoms with Crippen molar-refractivity contribution in [1.29, 1.82) is 0 Å². The highest BCUT2D eigenvalue weighted by Crippen LogP contribution is 2.28. The van der Waals surface area contributed by atoms with E-state index in [1.165, 1.54) is 11.1 Å². The van der Waals surface area contributed by atoms with Crippen molar-refractivity contribution in [2.45, 2.75) is 39.2 Å². The van der Waals surface area contributed by atoms with Gasteiger partial charge in [-0.05, 0) is 43.4 Å². The molecule has 34 heavy (non-hydrogen) atoms. The van der Waals surface area contributed by atoms with Gasteiger partial charge in [0.05, 0.1) is 13.2 Å². The van der Waals surface area contributed by atoms with Gasteiger partial charge in [0.1, 0.15) is 0 Å². The lowest BCUT2D eigenvalue weighted by molar-refractivity contribution is -0.118. The second-order valence-corrected chi connectivity index (χ2v) is 8.86. The van der Waals surface area contributed by atoms with Crippen LogP contribution in [-0.2, 0) is 22.6 Å². The Morgan fingerprint density at radius 3 is 2.74 bits per heavy atom. The first-order valence-corrected chi connectivity index (χ1v) is 12.3. The maximum Gasteiger partial charge on any atom is 0.227 e. The molecule has 2 aliphatic heterocycles. The molecule has 184 valence electrons. The van der Waals surface area contributed by atoms with E-state index in [0.29, 0.717) is 25.5 Å². The summed E-state index contributed by atoms with van der Waals surface area (Å²) in [6.07, 6.45) is 3.37. The number of likely N-dealkylation sites (tertiary alicyclic amines) is 1. The number of amides is 1. The Labute approximate surface area is 220 Å². The molecule has 0 aliphatic carbocycles. The fourth-order valence-corrected chi connectivity index (χ4v) is 4.65. The van der Waals surface area contributed by atoms with Crippen molar-refractivity contribution in [2.75, 3.05) is 44.2 Å². The van der Waals surface area contributed by atoms with Gasteiger partial charge < -0.3 is 19.9 Å². The van der Waals surface area contributed by atoms with Crippen LogP contribution >= 0.6 is 24.0 Å². The number of carbonyl (C=O) groups is 1.